The van der Waals surface area contributed by atoms with E-state index in [4.69, 9.17) is 11.6 Å². The molecule has 3 aromatic rings. The van der Waals surface area contributed by atoms with Gasteiger partial charge in [0, 0.05) is 12.1 Å². The Labute approximate surface area is 147 Å². The van der Waals surface area contributed by atoms with Crippen LogP contribution in [0.15, 0.2) is 41.9 Å². The fraction of sp³-hybridized carbons (Fsp3) is 0.176. The average molecular weight is 362 g/mol. The summed E-state index contributed by atoms with van der Waals surface area (Å²) >= 11 is 7.42. The third-order valence-electron chi connectivity index (χ3n) is 4.08. The molecule has 0 fully saturated rings. The van der Waals surface area contributed by atoms with Gasteiger partial charge in [0.25, 0.3) is 5.91 Å². The number of fused-ring (bicyclic) bond motifs is 1. The molecule has 1 aliphatic rings. The van der Waals surface area contributed by atoms with E-state index in [1.807, 2.05) is 10.1 Å². The number of benzene rings is 1. The summed E-state index contributed by atoms with van der Waals surface area (Å²) < 4.78 is 14.9. The molecule has 1 aliphatic heterocycles. The van der Waals surface area contributed by atoms with E-state index >= 15 is 0 Å². The molecular weight excluding hydrogens is 349 g/mol. The smallest absolute Gasteiger partial charge is 0.266 e. The van der Waals surface area contributed by atoms with Gasteiger partial charge in [0.1, 0.15) is 10.7 Å². The van der Waals surface area contributed by atoms with Crippen LogP contribution in [0.1, 0.15) is 26.5 Å². The number of hydrogen-bond acceptors (Lipinski definition) is 3. The summed E-state index contributed by atoms with van der Waals surface area (Å²) in [7, 11) is 0. The third kappa shape index (κ3) is 2.72. The zero-order valence-corrected chi connectivity index (χ0v) is 14.1. The highest BCUT2D eigenvalue weighted by molar-refractivity contribution is 7.12. The summed E-state index contributed by atoms with van der Waals surface area (Å²) in [6, 6.07) is 8.10. The standard InChI is InChI=1S/C17H13ClFN3OS/c18-14-5-6-24-16(14)17(23)21-9-12-7-20-22(15(12)10-21)8-11-1-3-13(19)4-2-11/h1-7H,8-10H2. The van der Waals surface area contributed by atoms with Crippen molar-refractivity contribution in [3.63, 3.8) is 0 Å². The maximum Gasteiger partial charge on any atom is 0.266 e. The van der Waals surface area contributed by atoms with Gasteiger partial charge in [-0.05, 0) is 29.1 Å². The van der Waals surface area contributed by atoms with Gasteiger partial charge in [-0.25, -0.2) is 4.39 Å². The Morgan fingerprint density at radius 3 is 2.75 bits per heavy atom. The van der Waals surface area contributed by atoms with Crippen LogP contribution in [0, 0.1) is 5.82 Å². The highest BCUT2D eigenvalue weighted by Gasteiger charge is 2.29. The van der Waals surface area contributed by atoms with E-state index < -0.39 is 0 Å². The molecular formula is C17H13ClFN3OS. The van der Waals surface area contributed by atoms with Gasteiger partial charge in [-0.15, -0.1) is 11.3 Å². The summed E-state index contributed by atoms with van der Waals surface area (Å²) in [6.07, 6.45) is 1.79. The molecule has 0 unspecified atom stereocenters. The van der Waals surface area contributed by atoms with Gasteiger partial charge < -0.3 is 4.90 Å². The average Bonchev–Trinajstić information content (AvgIpc) is 3.26. The van der Waals surface area contributed by atoms with Gasteiger partial charge in [0.2, 0.25) is 0 Å². The minimum absolute atomic E-state index is 0.0560. The van der Waals surface area contributed by atoms with Crippen molar-refractivity contribution in [2.24, 2.45) is 0 Å². The molecule has 7 heteroatoms. The number of nitrogens with zero attached hydrogens (tertiary/aromatic N) is 3. The van der Waals surface area contributed by atoms with Crippen LogP contribution >= 0.6 is 22.9 Å². The number of carbonyl (C=O) groups excluding carboxylic acids is 1. The third-order valence-corrected chi connectivity index (χ3v) is 5.41. The Morgan fingerprint density at radius 1 is 1.25 bits per heavy atom. The van der Waals surface area contributed by atoms with Crippen molar-refractivity contribution in [3.05, 3.63) is 74.4 Å². The normalized spacial score (nSPS) is 13.3. The molecule has 0 saturated carbocycles. The largest absolute Gasteiger partial charge is 0.328 e. The number of halogens is 2. The molecule has 24 heavy (non-hydrogen) atoms. The van der Waals surface area contributed by atoms with Gasteiger partial charge in [0.05, 0.1) is 30.0 Å². The fourth-order valence-electron chi connectivity index (χ4n) is 2.84. The molecule has 0 aliphatic carbocycles. The number of thiophene rings is 1. The van der Waals surface area contributed by atoms with Crippen molar-refractivity contribution in [1.29, 1.82) is 0 Å². The van der Waals surface area contributed by atoms with Crippen LogP contribution in [0.25, 0.3) is 0 Å². The first kappa shape index (κ1) is 15.4. The Kier molecular flexibility index (Phi) is 3.86. The van der Waals surface area contributed by atoms with E-state index in [2.05, 4.69) is 5.10 Å². The van der Waals surface area contributed by atoms with Crippen molar-refractivity contribution >= 4 is 28.8 Å². The molecule has 122 valence electrons. The maximum absolute atomic E-state index is 13.0. The predicted octanol–water partition coefficient (Wildman–Crippen LogP) is 3.94. The van der Waals surface area contributed by atoms with E-state index in [1.165, 1.54) is 23.5 Å². The first-order valence-electron chi connectivity index (χ1n) is 7.42. The van der Waals surface area contributed by atoms with E-state index in [0.717, 1.165) is 16.8 Å². The number of rotatable bonds is 3. The lowest BCUT2D eigenvalue weighted by Gasteiger charge is -2.15. The SMILES string of the molecule is O=C(c1sccc1Cl)N1Cc2cnn(Cc3ccc(F)cc3)c2C1. The second-order valence-electron chi connectivity index (χ2n) is 5.66. The van der Waals surface area contributed by atoms with E-state index in [9.17, 15) is 9.18 Å². The number of carbonyl (C=O) groups is 1. The highest BCUT2D eigenvalue weighted by Crippen LogP contribution is 2.29. The number of aromatic nitrogens is 2. The van der Waals surface area contributed by atoms with Crippen LogP contribution in [0.4, 0.5) is 4.39 Å². The molecule has 0 saturated heterocycles. The van der Waals surface area contributed by atoms with Gasteiger partial charge in [-0.3, -0.25) is 9.48 Å². The molecule has 1 amide bonds. The first-order valence-corrected chi connectivity index (χ1v) is 8.68. The number of amides is 1. The zero-order chi connectivity index (χ0) is 16.7. The molecule has 4 nitrogen and oxygen atoms in total. The van der Waals surface area contributed by atoms with Crippen LogP contribution < -0.4 is 0 Å². The molecule has 4 rings (SSSR count). The van der Waals surface area contributed by atoms with Crippen molar-refractivity contribution in [3.8, 4) is 0 Å². The number of hydrogen-bond donors (Lipinski definition) is 0. The van der Waals surface area contributed by atoms with Gasteiger partial charge in [-0.1, -0.05) is 23.7 Å². The molecule has 0 radical (unpaired) electrons. The van der Waals surface area contributed by atoms with Crippen LogP contribution in [0.2, 0.25) is 5.02 Å². The summed E-state index contributed by atoms with van der Waals surface area (Å²) in [6.45, 7) is 1.59. The topological polar surface area (TPSA) is 38.1 Å². The van der Waals surface area contributed by atoms with Crippen LogP contribution in [0.3, 0.4) is 0 Å². The van der Waals surface area contributed by atoms with E-state index in [1.54, 1.807) is 29.3 Å². The second-order valence-corrected chi connectivity index (χ2v) is 6.98. The van der Waals surface area contributed by atoms with E-state index in [-0.39, 0.29) is 11.7 Å². The van der Waals surface area contributed by atoms with Gasteiger partial charge >= 0.3 is 0 Å². The predicted molar refractivity (Wildman–Crippen MR) is 90.6 cm³/mol. The van der Waals surface area contributed by atoms with E-state index in [0.29, 0.717) is 29.5 Å². The minimum atomic E-state index is -0.256. The maximum atomic E-state index is 13.0. The monoisotopic (exact) mass is 361 g/mol. The van der Waals surface area contributed by atoms with Gasteiger partial charge in [-0.2, -0.15) is 5.10 Å². The summed E-state index contributed by atoms with van der Waals surface area (Å²) in [5.74, 6) is -0.312. The van der Waals surface area contributed by atoms with Crippen molar-refractivity contribution < 1.29 is 9.18 Å². The van der Waals surface area contributed by atoms with Crippen LogP contribution in [0.5, 0.6) is 0 Å². The molecule has 0 bridgehead atoms. The highest BCUT2D eigenvalue weighted by atomic mass is 35.5. The molecule has 0 N–H and O–H groups in total. The Morgan fingerprint density at radius 2 is 2.04 bits per heavy atom. The molecule has 3 heterocycles. The quantitative estimate of drug-likeness (QED) is 0.708. The molecule has 2 aromatic heterocycles. The lowest BCUT2D eigenvalue weighted by atomic mass is 10.2. The Hall–Kier alpha value is -2.18. The Balaban J connectivity index is 1.53. The molecule has 0 spiro atoms. The molecule has 0 atom stereocenters. The second kappa shape index (κ2) is 6.03. The fourth-order valence-corrected chi connectivity index (χ4v) is 3.94. The first-order chi connectivity index (χ1) is 11.6. The van der Waals surface area contributed by atoms with Crippen molar-refractivity contribution in [2.75, 3.05) is 0 Å². The van der Waals surface area contributed by atoms with Crippen molar-refractivity contribution in [1.82, 2.24) is 14.7 Å². The summed E-state index contributed by atoms with van der Waals surface area (Å²) in [5.41, 5.74) is 3.02. The minimum Gasteiger partial charge on any atom is -0.328 e. The van der Waals surface area contributed by atoms with Crippen molar-refractivity contribution in [2.45, 2.75) is 19.6 Å². The zero-order valence-electron chi connectivity index (χ0n) is 12.6. The summed E-state index contributed by atoms with van der Waals surface area (Å²) in [4.78, 5) is 14.9. The lowest BCUT2D eigenvalue weighted by molar-refractivity contribution is 0.0753. The summed E-state index contributed by atoms with van der Waals surface area (Å²) in [5, 5.41) is 6.70. The van der Waals surface area contributed by atoms with Crippen LogP contribution in [-0.2, 0) is 19.6 Å². The van der Waals surface area contributed by atoms with Gasteiger partial charge in [0.15, 0.2) is 0 Å². The Bertz CT molecular complexity index is 903. The molecule has 1 aromatic carbocycles. The van der Waals surface area contributed by atoms with Crippen LogP contribution in [-0.4, -0.2) is 20.6 Å². The lowest BCUT2D eigenvalue weighted by Crippen LogP contribution is -2.25.